The molecule has 10 nitrogen and oxygen atoms in total. The van der Waals surface area contributed by atoms with Crippen LogP contribution in [-0.4, -0.2) is 86.9 Å². The van der Waals surface area contributed by atoms with E-state index in [0.717, 1.165) is 0 Å². The molecule has 1 amide bonds. The molecule has 0 aliphatic carbocycles. The van der Waals surface area contributed by atoms with Gasteiger partial charge in [0.05, 0.1) is 13.2 Å². The predicted molar refractivity (Wildman–Crippen MR) is 95.5 cm³/mol. The fourth-order valence-electron chi connectivity index (χ4n) is 3.00. The first-order valence-electron chi connectivity index (χ1n) is 8.71. The van der Waals surface area contributed by atoms with Crippen molar-refractivity contribution in [2.24, 2.45) is 0 Å². The zero-order chi connectivity index (χ0) is 20.3. The molecule has 2 aromatic rings. The van der Waals surface area contributed by atoms with Crippen LogP contribution in [0.4, 0.5) is 0 Å². The topological polar surface area (TPSA) is 162 Å². The number of phenols is 1. The van der Waals surface area contributed by atoms with Gasteiger partial charge in [0.1, 0.15) is 35.7 Å². The highest BCUT2D eigenvalue weighted by Gasteiger charge is 2.43. The number of aliphatic hydroxyl groups excluding tert-OH is 4. The lowest BCUT2D eigenvalue weighted by atomic mass is 9.99. The molecule has 28 heavy (non-hydrogen) atoms. The van der Waals surface area contributed by atoms with Gasteiger partial charge in [-0.15, -0.1) is 0 Å². The number of nitrogens with one attached hydrogen (secondary N) is 1. The van der Waals surface area contributed by atoms with E-state index in [0.29, 0.717) is 16.5 Å². The summed E-state index contributed by atoms with van der Waals surface area (Å²) >= 11 is 0. The number of rotatable bonds is 6. The van der Waals surface area contributed by atoms with Gasteiger partial charge < -0.3 is 40.3 Å². The van der Waals surface area contributed by atoms with Crippen molar-refractivity contribution in [3.63, 3.8) is 0 Å². The molecule has 0 radical (unpaired) electrons. The molecule has 2 heterocycles. The van der Waals surface area contributed by atoms with E-state index in [1.54, 1.807) is 12.1 Å². The van der Waals surface area contributed by atoms with Crippen molar-refractivity contribution in [2.45, 2.75) is 30.7 Å². The summed E-state index contributed by atoms with van der Waals surface area (Å²) in [4.78, 5) is 16.5. The van der Waals surface area contributed by atoms with Gasteiger partial charge >= 0.3 is 0 Å². The largest absolute Gasteiger partial charge is 0.506 e. The van der Waals surface area contributed by atoms with Crippen molar-refractivity contribution in [3.05, 3.63) is 36.0 Å². The highest BCUT2D eigenvalue weighted by molar-refractivity contribution is 6.07. The molecule has 1 saturated heterocycles. The highest BCUT2D eigenvalue weighted by Crippen LogP contribution is 2.25. The lowest BCUT2D eigenvalue weighted by molar-refractivity contribution is -0.300. The van der Waals surface area contributed by atoms with Gasteiger partial charge in [-0.25, -0.2) is 0 Å². The third-order valence-corrected chi connectivity index (χ3v) is 4.51. The van der Waals surface area contributed by atoms with E-state index in [2.05, 4.69) is 10.3 Å². The van der Waals surface area contributed by atoms with Gasteiger partial charge in [0.2, 0.25) is 0 Å². The van der Waals surface area contributed by atoms with Crippen LogP contribution in [0.3, 0.4) is 0 Å². The summed E-state index contributed by atoms with van der Waals surface area (Å²) in [6.45, 7) is -0.539. The predicted octanol–water partition coefficient (Wildman–Crippen LogP) is -1.51. The number of hydrogen-bond acceptors (Lipinski definition) is 9. The Morgan fingerprint density at radius 2 is 1.96 bits per heavy atom. The summed E-state index contributed by atoms with van der Waals surface area (Å²) in [7, 11) is 0. The lowest BCUT2D eigenvalue weighted by Gasteiger charge is -2.39. The van der Waals surface area contributed by atoms with Crippen LogP contribution in [0.5, 0.6) is 5.75 Å². The van der Waals surface area contributed by atoms with Crippen molar-refractivity contribution >= 4 is 16.8 Å². The number of aromatic hydroxyl groups is 1. The summed E-state index contributed by atoms with van der Waals surface area (Å²) < 4.78 is 10.5. The minimum absolute atomic E-state index is 0.0295. The number of aliphatic hydroxyl groups is 4. The standard InChI is InChI=1S/C18H22N2O8/c21-8-12-14(23)15(24)16(25)18(28-12)27-7-6-20-17(26)10-3-4-11(22)13-9(10)2-1-5-19-13/h1-5,12,14-16,18,21-25H,6-8H2,(H,20,26)/t12-,14-,15+,16+,18+/m1/s1. The van der Waals surface area contributed by atoms with E-state index in [1.807, 2.05) is 0 Å². The SMILES string of the molecule is O=C(NCCO[C@H]1O[C@H](CO)[C@@H](O)[C@H](O)[C@@H]1O)c1ccc(O)c2ncccc12. The maximum absolute atomic E-state index is 12.4. The first-order valence-corrected chi connectivity index (χ1v) is 8.71. The number of carbonyl (C=O) groups is 1. The lowest BCUT2D eigenvalue weighted by Crippen LogP contribution is -2.59. The summed E-state index contributed by atoms with van der Waals surface area (Å²) in [6, 6.07) is 6.18. The Labute approximate surface area is 160 Å². The van der Waals surface area contributed by atoms with Crippen molar-refractivity contribution < 1.29 is 39.8 Å². The van der Waals surface area contributed by atoms with E-state index in [4.69, 9.17) is 14.6 Å². The van der Waals surface area contributed by atoms with Gasteiger partial charge in [0.15, 0.2) is 6.29 Å². The Morgan fingerprint density at radius 3 is 2.71 bits per heavy atom. The number of amides is 1. The van der Waals surface area contributed by atoms with Crippen LogP contribution in [0.15, 0.2) is 30.5 Å². The van der Waals surface area contributed by atoms with Crippen LogP contribution < -0.4 is 5.32 Å². The summed E-state index contributed by atoms with van der Waals surface area (Å²) in [5, 5.41) is 51.4. The molecule has 10 heteroatoms. The molecular weight excluding hydrogens is 372 g/mol. The molecule has 1 aromatic carbocycles. The second-order valence-electron chi connectivity index (χ2n) is 6.36. The number of fused-ring (bicyclic) bond motifs is 1. The van der Waals surface area contributed by atoms with Gasteiger partial charge in [0, 0.05) is 23.7 Å². The summed E-state index contributed by atoms with van der Waals surface area (Å²) in [5.41, 5.74) is 0.640. The first kappa shape index (κ1) is 20.4. The normalized spacial score (nSPS) is 27.6. The fourth-order valence-corrected chi connectivity index (χ4v) is 3.00. The Hall–Kier alpha value is -2.34. The summed E-state index contributed by atoms with van der Waals surface area (Å²) in [5.74, 6) is -0.437. The van der Waals surface area contributed by atoms with Crippen molar-refractivity contribution in [2.75, 3.05) is 19.8 Å². The van der Waals surface area contributed by atoms with Crippen molar-refractivity contribution in [1.29, 1.82) is 0 Å². The van der Waals surface area contributed by atoms with E-state index in [-0.39, 0.29) is 18.9 Å². The van der Waals surface area contributed by atoms with Gasteiger partial charge in [-0.05, 0) is 18.2 Å². The maximum atomic E-state index is 12.4. The Bertz CT molecular complexity index is 830. The third-order valence-electron chi connectivity index (χ3n) is 4.51. The molecule has 3 rings (SSSR count). The van der Waals surface area contributed by atoms with Crippen LogP contribution in [0.1, 0.15) is 10.4 Å². The number of phenolic OH excluding ortho intramolecular Hbond substituents is 1. The number of pyridine rings is 1. The van der Waals surface area contributed by atoms with Gasteiger partial charge in [-0.2, -0.15) is 0 Å². The van der Waals surface area contributed by atoms with Crippen LogP contribution in [0.2, 0.25) is 0 Å². The molecule has 1 aliphatic heterocycles. The smallest absolute Gasteiger partial charge is 0.252 e. The molecule has 6 N–H and O–H groups in total. The van der Waals surface area contributed by atoms with Crippen LogP contribution >= 0.6 is 0 Å². The Morgan fingerprint density at radius 1 is 1.18 bits per heavy atom. The molecule has 152 valence electrons. The number of carbonyl (C=O) groups excluding carboxylic acids is 1. The first-order chi connectivity index (χ1) is 13.4. The summed E-state index contributed by atoms with van der Waals surface area (Å²) in [6.07, 6.45) is -5.30. The maximum Gasteiger partial charge on any atom is 0.252 e. The van der Waals surface area contributed by atoms with Crippen molar-refractivity contribution in [3.8, 4) is 5.75 Å². The van der Waals surface area contributed by atoms with Crippen LogP contribution in [-0.2, 0) is 9.47 Å². The van der Waals surface area contributed by atoms with Crippen LogP contribution in [0, 0.1) is 0 Å². The molecule has 1 aromatic heterocycles. The number of hydrogen-bond donors (Lipinski definition) is 6. The quantitative estimate of drug-likeness (QED) is 0.320. The fraction of sp³-hybridized carbons (Fsp3) is 0.444. The third kappa shape index (κ3) is 4.07. The monoisotopic (exact) mass is 394 g/mol. The van der Waals surface area contributed by atoms with E-state index >= 15 is 0 Å². The van der Waals surface area contributed by atoms with Gasteiger partial charge in [-0.3, -0.25) is 9.78 Å². The Kier molecular flexibility index (Phi) is 6.39. The number of ether oxygens (including phenoxy) is 2. The Balaban J connectivity index is 1.56. The zero-order valence-electron chi connectivity index (χ0n) is 14.8. The molecular formula is C18H22N2O8. The molecule has 1 aliphatic rings. The molecule has 0 spiro atoms. The molecule has 0 saturated carbocycles. The molecule has 0 unspecified atom stereocenters. The molecule has 1 fully saturated rings. The minimum Gasteiger partial charge on any atom is -0.506 e. The van der Waals surface area contributed by atoms with Crippen LogP contribution in [0.25, 0.3) is 10.9 Å². The van der Waals surface area contributed by atoms with Gasteiger partial charge in [-0.1, -0.05) is 6.07 Å². The number of nitrogens with zero attached hydrogens (tertiary/aromatic N) is 1. The van der Waals surface area contributed by atoms with Crippen molar-refractivity contribution in [1.82, 2.24) is 10.3 Å². The van der Waals surface area contributed by atoms with E-state index < -0.39 is 43.2 Å². The second kappa shape index (κ2) is 8.78. The van der Waals surface area contributed by atoms with E-state index in [1.165, 1.54) is 18.3 Å². The second-order valence-corrected chi connectivity index (χ2v) is 6.36. The zero-order valence-corrected chi connectivity index (χ0v) is 14.8. The van der Waals surface area contributed by atoms with Gasteiger partial charge in [0.25, 0.3) is 5.91 Å². The molecule has 0 bridgehead atoms. The van der Waals surface area contributed by atoms with E-state index in [9.17, 15) is 25.2 Å². The number of aromatic nitrogens is 1. The average molecular weight is 394 g/mol. The minimum atomic E-state index is -1.53. The average Bonchev–Trinajstić information content (AvgIpc) is 2.71. The highest BCUT2D eigenvalue weighted by atomic mass is 16.7. The molecule has 5 atom stereocenters. The number of benzene rings is 1.